The van der Waals surface area contributed by atoms with E-state index in [4.69, 9.17) is 5.26 Å². The van der Waals surface area contributed by atoms with Crippen molar-refractivity contribution in [1.29, 1.82) is 5.26 Å². The quantitative estimate of drug-likeness (QED) is 0.800. The van der Waals surface area contributed by atoms with Crippen molar-refractivity contribution < 1.29 is 0 Å². The highest BCUT2D eigenvalue weighted by Crippen LogP contribution is 2.12. The van der Waals surface area contributed by atoms with Crippen molar-refractivity contribution in [2.24, 2.45) is 0 Å². The number of pyridine rings is 1. The molecule has 1 N–H and O–H groups in total. The van der Waals surface area contributed by atoms with E-state index in [9.17, 15) is 0 Å². The van der Waals surface area contributed by atoms with Crippen LogP contribution < -0.4 is 10.2 Å². The van der Waals surface area contributed by atoms with Gasteiger partial charge in [-0.3, -0.25) is 4.98 Å². The molecule has 2 aromatic heterocycles. The molecule has 0 saturated carbocycles. The number of nitriles is 1. The molecule has 0 atom stereocenters. The monoisotopic (exact) mass is 268 g/mol. The van der Waals surface area contributed by atoms with Crippen LogP contribution in [0, 0.1) is 11.3 Å². The van der Waals surface area contributed by atoms with Gasteiger partial charge in [0.2, 0.25) is 0 Å². The molecule has 2 heterocycles. The summed E-state index contributed by atoms with van der Waals surface area (Å²) in [6.07, 6.45) is 4.11. The van der Waals surface area contributed by atoms with Crippen LogP contribution in [0.5, 0.6) is 0 Å². The van der Waals surface area contributed by atoms with Gasteiger partial charge in [0.1, 0.15) is 24.5 Å². The Morgan fingerprint density at radius 3 is 2.95 bits per heavy atom. The minimum absolute atomic E-state index is 0.296. The molecule has 0 saturated heterocycles. The number of hydrogen-bond acceptors (Lipinski definition) is 6. The molecule has 6 heteroatoms. The average molecular weight is 268 g/mol. The van der Waals surface area contributed by atoms with Gasteiger partial charge in [-0.25, -0.2) is 9.97 Å². The van der Waals surface area contributed by atoms with E-state index in [1.54, 1.807) is 11.1 Å². The van der Waals surface area contributed by atoms with Crippen molar-refractivity contribution in [1.82, 2.24) is 15.0 Å². The first-order valence-electron chi connectivity index (χ1n) is 6.33. The fourth-order valence-electron chi connectivity index (χ4n) is 1.70. The zero-order valence-corrected chi connectivity index (χ0v) is 11.3. The van der Waals surface area contributed by atoms with E-state index in [0.717, 1.165) is 30.3 Å². The fraction of sp³-hybridized carbons (Fsp3) is 0.286. The predicted octanol–water partition coefficient (Wildman–Crippen LogP) is 1.49. The number of nitrogens with zero attached hydrogens (tertiary/aromatic N) is 5. The van der Waals surface area contributed by atoms with Gasteiger partial charge in [-0.05, 0) is 12.1 Å². The number of nitrogens with one attached hydrogen (secondary N) is 1. The third kappa shape index (κ3) is 3.92. The van der Waals surface area contributed by atoms with Gasteiger partial charge in [-0.2, -0.15) is 5.26 Å². The fourth-order valence-corrected chi connectivity index (χ4v) is 1.70. The maximum Gasteiger partial charge on any atom is 0.134 e. The molecule has 2 aromatic rings. The summed E-state index contributed by atoms with van der Waals surface area (Å²) >= 11 is 0. The molecule has 0 fully saturated rings. The predicted molar refractivity (Wildman–Crippen MR) is 77.3 cm³/mol. The maximum atomic E-state index is 8.68. The summed E-state index contributed by atoms with van der Waals surface area (Å²) in [6.45, 7) is 1.04. The third-order valence-corrected chi connectivity index (χ3v) is 2.77. The molecule has 0 aromatic carbocycles. The molecule has 0 amide bonds. The van der Waals surface area contributed by atoms with Gasteiger partial charge in [0.15, 0.2) is 0 Å². The van der Waals surface area contributed by atoms with E-state index in [1.807, 2.05) is 31.3 Å². The Hall–Kier alpha value is -2.68. The summed E-state index contributed by atoms with van der Waals surface area (Å²) in [5, 5.41) is 11.9. The molecule has 0 aliphatic heterocycles. The van der Waals surface area contributed by atoms with Gasteiger partial charge < -0.3 is 10.2 Å². The van der Waals surface area contributed by atoms with Crippen LogP contribution >= 0.6 is 0 Å². The number of anilines is 2. The lowest BCUT2D eigenvalue weighted by molar-refractivity contribution is 0.941. The first-order chi connectivity index (χ1) is 9.79. The summed E-state index contributed by atoms with van der Waals surface area (Å²) < 4.78 is 0. The molecule has 20 heavy (non-hydrogen) atoms. The van der Waals surface area contributed by atoms with Crippen LogP contribution in [0.2, 0.25) is 0 Å². The van der Waals surface area contributed by atoms with Crippen molar-refractivity contribution in [3.63, 3.8) is 0 Å². The second-order valence-corrected chi connectivity index (χ2v) is 4.27. The standard InChI is InChI=1S/C14H16N6/c1-20(9-6-15)14-10-13(18-11-19-14)17-8-5-12-4-2-3-7-16-12/h2-4,7,10-11H,5,8-9H2,1H3,(H,17,18,19). The summed E-state index contributed by atoms with van der Waals surface area (Å²) in [5.41, 5.74) is 1.04. The first-order valence-corrected chi connectivity index (χ1v) is 6.33. The lowest BCUT2D eigenvalue weighted by Gasteiger charge is -2.14. The molecule has 0 aliphatic rings. The van der Waals surface area contributed by atoms with Gasteiger partial charge in [0.25, 0.3) is 0 Å². The Morgan fingerprint density at radius 2 is 2.20 bits per heavy atom. The van der Waals surface area contributed by atoms with E-state index >= 15 is 0 Å². The Balaban J connectivity index is 1.90. The van der Waals surface area contributed by atoms with Gasteiger partial charge >= 0.3 is 0 Å². The highest BCUT2D eigenvalue weighted by Gasteiger charge is 2.03. The first kappa shape index (κ1) is 13.7. The zero-order valence-electron chi connectivity index (χ0n) is 11.3. The van der Waals surface area contributed by atoms with Crippen molar-refractivity contribution in [3.8, 4) is 6.07 Å². The lowest BCUT2D eigenvalue weighted by atomic mass is 10.3. The van der Waals surface area contributed by atoms with E-state index in [2.05, 4.69) is 26.3 Å². The SMILES string of the molecule is CN(CC#N)c1cc(NCCc2ccccn2)ncn1. The topological polar surface area (TPSA) is 77.7 Å². The van der Waals surface area contributed by atoms with Crippen LogP contribution in [0.25, 0.3) is 0 Å². The molecule has 2 rings (SSSR count). The molecule has 0 aliphatic carbocycles. The molecule has 0 radical (unpaired) electrons. The van der Waals surface area contributed by atoms with Gasteiger partial charge in [-0.1, -0.05) is 6.07 Å². The van der Waals surface area contributed by atoms with E-state index in [0.29, 0.717) is 6.54 Å². The third-order valence-electron chi connectivity index (χ3n) is 2.77. The van der Waals surface area contributed by atoms with Crippen LogP contribution in [0.15, 0.2) is 36.8 Å². The van der Waals surface area contributed by atoms with Crippen molar-refractivity contribution in [2.75, 3.05) is 30.4 Å². The molecule has 0 spiro atoms. The molecular formula is C14H16N6. The Morgan fingerprint density at radius 1 is 1.30 bits per heavy atom. The Bertz CT molecular complexity index is 578. The van der Waals surface area contributed by atoms with Crippen molar-refractivity contribution in [3.05, 3.63) is 42.5 Å². The van der Waals surface area contributed by atoms with Gasteiger partial charge in [-0.15, -0.1) is 0 Å². The maximum absolute atomic E-state index is 8.68. The summed E-state index contributed by atoms with van der Waals surface area (Å²) in [7, 11) is 1.82. The van der Waals surface area contributed by atoms with Crippen LogP contribution in [0.4, 0.5) is 11.6 Å². The van der Waals surface area contributed by atoms with Crippen molar-refractivity contribution in [2.45, 2.75) is 6.42 Å². The lowest BCUT2D eigenvalue weighted by Crippen LogP contribution is -2.19. The summed E-state index contributed by atoms with van der Waals surface area (Å²) in [6, 6.07) is 9.79. The Kier molecular flexibility index (Phi) is 4.84. The molecule has 0 unspecified atom stereocenters. The largest absolute Gasteiger partial charge is 0.370 e. The van der Waals surface area contributed by atoms with Crippen LogP contribution in [-0.4, -0.2) is 35.1 Å². The highest BCUT2D eigenvalue weighted by atomic mass is 15.2. The van der Waals surface area contributed by atoms with E-state index in [1.165, 1.54) is 6.33 Å². The summed E-state index contributed by atoms with van der Waals surface area (Å²) in [4.78, 5) is 14.3. The number of rotatable bonds is 6. The minimum Gasteiger partial charge on any atom is -0.370 e. The zero-order chi connectivity index (χ0) is 14.2. The normalized spacial score (nSPS) is 9.80. The molecule has 102 valence electrons. The van der Waals surface area contributed by atoms with Crippen LogP contribution in [-0.2, 0) is 6.42 Å². The number of aromatic nitrogens is 3. The summed E-state index contributed by atoms with van der Waals surface area (Å²) in [5.74, 6) is 1.47. The number of hydrogen-bond donors (Lipinski definition) is 1. The molecular weight excluding hydrogens is 252 g/mol. The second kappa shape index (κ2) is 7.04. The highest BCUT2D eigenvalue weighted by molar-refractivity contribution is 5.48. The molecule has 6 nitrogen and oxygen atoms in total. The second-order valence-electron chi connectivity index (χ2n) is 4.27. The van der Waals surface area contributed by atoms with Gasteiger partial charge in [0.05, 0.1) is 6.07 Å². The van der Waals surface area contributed by atoms with E-state index in [-0.39, 0.29) is 0 Å². The Labute approximate surface area is 118 Å². The van der Waals surface area contributed by atoms with Crippen LogP contribution in [0.1, 0.15) is 5.69 Å². The average Bonchev–Trinajstić information content (AvgIpc) is 2.49. The van der Waals surface area contributed by atoms with E-state index < -0.39 is 0 Å². The van der Waals surface area contributed by atoms with Gasteiger partial charge in [0, 0.05) is 38.0 Å². The van der Waals surface area contributed by atoms with Crippen LogP contribution in [0.3, 0.4) is 0 Å². The molecule has 0 bridgehead atoms. The minimum atomic E-state index is 0.296. The van der Waals surface area contributed by atoms with Crippen molar-refractivity contribution >= 4 is 11.6 Å². The smallest absolute Gasteiger partial charge is 0.134 e.